The third-order valence-corrected chi connectivity index (χ3v) is 11.2. The molecule has 0 fully saturated rings. The first-order valence-electron chi connectivity index (χ1n) is 12.0. The van der Waals surface area contributed by atoms with Crippen molar-refractivity contribution in [3.8, 4) is 16.9 Å². The molecule has 0 aliphatic heterocycles. The Kier molecular flexibility index (Phi) is 11.1. The van der Waals surface area contributed by atoms with E-state index in [1.54, 1.807) is 30.5 Å². The topological polar surface area (TPSA) is 149 Å². The number of anilines is 1. The Labute approximate surface area is 246 Å². The predicted molar refractivity (Wildman–Crippen MR) is 163 cm³/mol. The summed E-state index contributed by atoms with van der Waals surface area (Å²) in [6.45, 7) is 1.86. The van der Waals surface area contributed by atoms with Gasteiger partial charge in [0, 0.05) is 18.1 Å². The van der Waals surface area contributed by atoms with Gasteiger partial charge in [0.2, 0.25) is 15.7 Å². The molecule has 0 radical (unpaired) electrons. The second kappa shape index (κ2) is 14.1. The highest BCUT2D eigenvalue weighted by molar-refractivity contribution is 8.01. The van der Waals surface area contributed by atoms with Gasteiger partial charge in [0.1, 0.15) is 11.6 Å². The van der Waals surface area contributed by atoms with Crippen LogP contribution in [0.1, 0.15) is 23.3 Å². The molecule has 1 heterocycles. The lowest BCUT2D eigenvalue weighted by molar-refractivity contribution is -0.140. The van der Waals surface area contributed by atoms with Crippen LogP contribution in [0.15, 0.2) is 56.5 Å². The number of nitrogens with one attached hydrogen (secondary N) is 2. The van der Waals surface area contributed by atoms with Gasteiger partial charge in [-0.3, -0.25) is 15.0 Å². The highest BCUT2D eigenvalue weighted by Gasteiger charge is 2.26. The minimum Gasteiger partial charge on any atom is -0.497 e. The summed E-state index contributed by atoms with van der Waals surface area (Å²) in [6.07, 6.45) is 2.67. The summed E-state index contributed by atoms with van der Waals surface area (Å²) in [6, 6.07) is 11.5. The Bertz CT molecular complexity index is 1520. The van der Waals surface area contributed by atoms with Crippen molar-refractivity contribution in [1.29, 1.82) is 5.41 Å². The number of thiophene rings is 1. The van der Waals surface area contributed by atoms with Gasteiger partial charge in [0.25, 0.3) is 0 Å². The molecule has 0 aliphatic carbocycles. The number of esters is 1. The molecule has 0 bridgehead atoms. The highest BCUT2D eigenvalue weighted by atomic mass is 32.2. The van der Waals surface area contributed by atoms with Gasteiger partial charge in [-0.05, 0) is 60.7 Å². The summed E-state index contributed by atoms with van der Waals surface area (Å²) in [5, 5.41) is 10.7. The molecule has 0 saturated heterocycles. The first kappa shape index (κ1) is 31.5. The second-order valence-corrected chi connectivity index (χ2v) is 13.7. The molecule has 4 N–H and O–H groups in total. The van der Waals surface area contributed by atoms with E-state index in [1.807, 2.05) is 13.0 Å². The quantitative estimate of drug-likeness (QED) is 0.0770. The standard InChI is InChI=1S/C27H31N3O6S4/c1-16-11-18(35-2)13-20(30-23(31)15-38-10-6-9-24(32)36-3)25(16)17-7-5-8-19(12-17)40(33,34)22-14-21(26(28)29)39-27(22)37-4/h5,7-8,11-14H,6,9-10,15H2,1-4H3,(H3,28,29)(H,30,31). The monoisotopic (exact) mass is 621 g/mol. The molecule has 40 heavy (non-hydrogen) atoms. The number of rotatable bonds is 13. The Morgan fingerprint density at radius 1 is 1.15 bits per heavy atom. The molecule has 0 atom stereocenters. The number of hydrogen-bond donors (Lipinski definition) is 3. The van der Waals surface area contributed by atoms with Crippen molar-refractivity contribution in [1.82, 2.24) is 0 Å². The first-order valence-corrected chi connectivity index (χ1v) is 16.7. The maximum Gasteiger partial charge on any atom is 0.305 e. The van der Waals surface area contributed by atoms with Gasteiger partial charge in [-0.2, -0.15) is 11.8 Å². The molecule has 214 valence electrons. The fourth-order valence-electron chi connectivity index (χ4n) is 3.89. The van der Waals surface area contributed by atoms with Gasteiger partial charge in [0.05, 0.1) is 44.5 Å². The molecule has 1 amide bonds. The number of thioether (sulfide) groups is 2. The van der Waals surface area contributed by atoms with Crippen LogP contribution in [0, 0.1) is 12.3 Å². The number of amidine groups is 1. The van der Waals surface area contributed by atoms with Gasteiger partial charge in [-0.1, -0.05) is 12.1 Å². The van der Waals surface area contributed by atoms with E-state index in [2.05, 4.69) is 10.1 Å². The van der Waals surface area contributed by atoms with Crippen LogP contribution in [0.25, 0.3) is 11.1 Å². The van der Waals surface area contributed by atoms with Crippen LogP contribution >= 0.6 is 34.9 Å². The highest BCUT2D eigenvalue weighted by Crippen LogP contribution is 2.40. The van der Waals surface area contributed by atoms with Crippen LogP contribution in [0.4, 0.5) is 5.69 Å². The summed E-state index contributed by atoms with van der Waals surface area (Å²) in [7, 11) is -1.05. The maximum absolute atomic E-state index is 13.7. The van der Waals surface area contributed by atoms with Crippen LogP contribution in [-0.2, 0) is 24.2 Å². The number of carbonyl (C=O) groups excluding carboxylic acids is 2. The van der Waals surface area contributed by atoms with E-state index in [-0.39, 0.29) is 33.3 Å². The van der Waals surface area contributed by atoms with Gasteiger partial charge in [-0.15, -0.1) is 23.1 Å². The van der Waals surface area contributed by atoms with Crippen molar-refractivity contribution in [3.63, 3.8) is 0 Å². The Morgan fingerprint density at radius 2 is 1.90 bits per heavy atom. The summed E-state index contributed by atoms with van der Waals surface area (Å²) in [5.74, 6) is 0.642. The Balaban J connectivity index is 1.93. The fourth-order valence-corrected chi connectivity index (χ4v) is 8.54. The van der Waals surface area contributed by atoms with Crippen LogP contribution in [0.2, 0.25) is 0 Å². The van der Waals surface area contributed by atoms with Crippen molar-refractivity contribution in [2.45, 2.75) is 33.8 Å². The van der Waals surface area contributed by atoms with Crippen LogP contribution < -0.4 is 15.8 Å². The number of aryl methyl sites for hydroxylation is 1. The smallest absolute Gasteiger partial charge is 0.305 e. The number of hydrogen-bond acceptors (Lipinski definition) is 10. The maximum atomic E-state index is 13.7. The number of methoxy groups -OCH3 is 2. The van der Waals surface area contributed by atoms with Crippen LogP contribution in [0.5, 0.6) is 5.75 Å². The predicted octanol–water partition coefficient (Wildman–Crippen LogP) is 5.20. The van der Waals surface area contributed by atoms with Gasteiger partial charge < -0.3 is 20.5 Å². The molecule has 0 spiro atoms. The summed E-state index contributed by atoms with van der Waals surface area (Å²) < 4.78 is 37.9. The molecule has 2 aromatic carbocycles. The molecule has 1 aromatic heterocycles. The number of benzene rings is 2. The minimum atomic E-state index is -3.92. The summed E-state index contributed by atoms with van der Waals surface area (Å²) in [5.41, 5.74) is 8.17. The summed E-state index contributed by atoms with van der Waals surface area (Å²) in [4.78, 5) is 24.7. The number of ether oxygens (including phenoxy) is 2. The second-order valence-electron chi connectivity index (χ2n) is 8.56. The van der Waals surface area contributed by atoms with Gasteiger partial charge in [-0.25, -0.2) is 8.42 Å². The molecule has 0 saturated carbocycles. The van der Waals surface area contributed by atoms with Crippen molar-refractivity contribution in [2.24, 2.45) is 5.73 Å². The van der Waals surface area contributed by atoms with E-state index in [4.69, 9.17) is 15.9 Å². The molecule has 0 aliphatic rings. The van der Waals surface area contributed by atoms with Crippen LogP contribution in [0.3, 0.4) is 0 Å². The number of sulfone groups is 1. The zero-order chi connectivity index (χ0) is 29.4. The van der Waals surface area contributed by atoms with E-state index in [0.717, 1.165) is 5.56 Å². The van der Waals surface area contributed by atoms with E-state index < -0.39 is 9.84 Å². The largest absolute Gasteiger partial charge is 0.497 e. The molecule has 3 rings (SSSR count). The minimum absolute atomic E-state index is 0.0851. The van der Waals surface area contributed by atoms with E-state index >= 15 is 0 Å². The normalized spacial score (nSPS) is 11.2. The SMILES string of the molecule is COC(=O)CCCSCC(=O)Nc1cc(OC)cc(C)c1-c1cccc(S(=O)(=O)c2cc(C(=N)N)sc2SC)c1. The number of nitrogen functional groups attached to an aromatic ring is 1. The number of amides is 1. The van der Waals surface area contributed by atoms with Gasteiger partial charge >= 0.3 is 5.97 Å². The zero-order valence-electron chi connectivity index (χ0n) is 22.5. The third-order valence-electron chi connectivity index (χ3n) is 5.79. The van der Waals surface area contributed by atoms with E-state index in [0.29, 0.717) is 50.2 Å². The summed E-state index contributed by atoms with van der Waals surface area (Å²) >= 11 is 3.85. The zero-order valence-corrected chi connectivity index (χ0v) is 25.8. The van der Waals surface area contributed by atoms with Crippen molar-refractivity contribution >= 4 is 68.1 Å². The molecular formula is C27H31N3O6S4. The third kappa shape index (κ3) is 7.59. The number of nitrogens with two attached hydrogens (primary N) is 1. The lowest BCUT2D eigenvalue weighted by Gasteiger charge is -2.17. The van der Waals surface area contributed by atoms with Gasteiger partial charge in [0.15, 0.2) is 0 Å². The lowest BCUT2D eigenvalue weighted by atomic mass is 9.98. The lowest BCUT2D eigenvalue weighted by Crippen LogP contribution is -2.15. The van der Waals surface area contributed by atoms with Crippen molar-refractivity contribution in [2.75, 3.05) is 37.3 Å². The molecule has 0 unspecified atom stereocenters. The van der Waals surface area contributed by atoms with Crippen molar-refractivity contribution < 1.29 is 27.5 Å². The van der Waals surface area contributed by atoms with E-state index in [1.165, 1.54) is 61.2 Å². The average Bonchev–Trinajstić information content (AvgIpc) is 3.38. The van der Waals surface area contributed by atoms with E-state index in [9.17, 15) is 18.0 Å². The van der Waals surface area contributed by atoms with Crippen LogP contribution in [-0.4, -0.2) is 58.1 Å². The number of carbonyl (C=O) groups is 2. The molecule has 3 aromatic rings. The first-order chi connectivity index (χ1) is 19.0. The van der Waals surface area contributed by atoms with Crippen molar-refractivity contribution in [3.05, 3.63) is 52.9 Å². The Hall–Kier alpha value is -3.00. The molecule has 13 heteroatoms. The average molecular weight is 622 g/mol. The Morgan fingerprint density at radius 3 is 2.55 bits per heavy atom. The molecular weight excluding hydrogens is 591 g/mol. The molecule has 9 nitrogen and oxygen atoms in total. The fraction of sp³-hybridized carbons (Fsp3) is 0.296.